The van der Waals surface area contributed by atoms with E-state index < -0.39 is 0 Å². The van der Waals surface area contributed by atoms with Crippen molar-refractivity contribution in [3.8, 4) is 5.75 Å². The van der Waals surface area contributed by atoms with E-state index >= 15 is 0 Å². The number of likely N-dealkylation sites (tertiary alicyclic amines) is 1. The first-order chi connectivity index (χ1) is 14.1. The van der Waals surface area contributed by atoms with E-state index in [1.807, 2.05) is 17.9 Å². The van der Waals surface area contributed by atoms with Crippen LogP contribution in [-0.4, -0.2) is 42.5 Å². The van der Waals surface area contributed by atoms with E-state index in [1.54, 1.807) is 24.3 Å². The summed E-state index contributed by atoms with van der Waals surface area (Å²) in [5, 5.41) is 2.77. The van der Waals surface area contributed by atoms with E-state index in [0.29, 0.717) is 18.1 Å². The first kappa shape index (κ1) is 20.9. The number of rotatable bonds is 8. The third-order valence-electron chi connectivity index (χ3n) is 5.58. The summed E-state index contributed by atoms with van der Waals surface area (Å²) in [5.74, 6) is 0.796. The molecule has 3 rings (SSSR count). The zero-order valence-electron chi connectivity index (χ0n) is 17.3. The molecule has 2 amide bonds. The van der Waals surface area contributed by atoms with E-state index in [2.05, 4.69) is 36.5 Å². The van der Waals surface area contributed by atoms with Crippen molar-refractivity contribution in [3.63, 3.8) is 0 Å². The molecule has 0 bridgehead atoms. The van der Waals surface area contributed by atoms with Crippen LogP contribution in [0.1, 0.15) is 54.9 Å². The van der Waals surface area contributed by atoms with Crippen molar-refractivity contribution < 1.29 is 14.3 Å². The predicted octanol–water partition coefficient (Wildman–Crippen LogP) is 4.00. The highest BCUT2D eigenvalue weighted by atomic mass is 16.5. The lowest BCUT2D eigenvalue weighted by atomic mass is 9.87. The van der Waals surface area contributed by atoms with Gasteiger partial charge in [-0.2, -0.15) is 0 Å². The summed E-state index contributed by atoms with van der Waals surface area (Å²) in [4.78, 5) is 27.2. The van der Waals surface area contributed by atoms with Gasteiger partial charge in [0.05, 0.1) is 13.2 Å². The van der Waals surface area contributed by atoms with Crippen LogP contribution in [-0.2, 0) is 4.79 Å². The summed E-state index contributed by atoms with van der Waals surface area (Å²) in [5.41, 5.74) is 1.80. The number of ether oxygens (including phenoxy) is 1. The van der Waals surface area contributed by atoms with Crippen LogP contribution < -0.4 is 10.1 Å². The molecule has 0 aliphatic carbocycles. The number of nitrogens with zero attached hydrogens (tertiary/aromatic N) is 1. The summed E-state index contributed by atoms with van der Waals surface area (Å²) >= 11 is 0. The molecule has 5 nitrogen and oxygen atoms in total. The summed E-state index contributed by atoms with van der Waals surface area (Å²) < 4.78 is 5.40. The predicted molar refractivity (Wildman–Crippen MR) is 114 cm³/mol. The van der Waals surface area contributed by atoms with Gasteiger partial charge in [-0.25, -0.2) is 0 Å². The molecule has 2 aromatic carbocycles. The molecule has 5 heteroatoms. The Bertz CT molecular complexity index is 805. The second kappa shape index (κ2) is 10.1. The van der Waals surface area contributed by atoms with Crippen molar-refractivity contribution in [2.24, 2.45) is 0 Å². The van der Waals surface area contributed by atoms with Crippen LogP contribution in [0.5, 0.6) is 5.75 Å². The van der Waals surface area contributed by atoms with Crippen LogP contribution in [0.3, 0.4) is 0 Å². The minimum absolute atomic E-state index is 0.0128. The maximum atomic E-state index is 12.9. The molecule has 1 heterocycles. The number of hydrogen-bond acceptors (Lipinski definition) is 3. The minimum Gasteiger partial charge on any atom is -0.494 e. The average molecular weight is 395 g/mol. The third kappa shape index (κ3) is 5.17. The van der Waals surface area contributed by atoms with Crippen molar-refractivity contribution in [2.45, 2.75) is 45.1 Å². The second-order valence-corrected chi connectivity index (χ2v) is 7.36. The molecule has 1 aliphatic heterocycles. The molecule has 1 saturated heterocycles. The van der Waals surface area contributed by atoms with Gasteiger partial charge in [0.15, 0.2) is 0 Å². The van der Waals surface area contributed by atoms with Gasteiger partial charge < -0.3 is 15.0 Å². The third-order valence-corrected chi connectivity index (χ3v) is 5.58. The second-order valence-electron chi connectivity index (χ2n) is 7.36. The summed E-state index contributed by atoms with van der Waals surface area (Å²) in [6, 6.07) is 17.6. The van der Waals surface area contributed by atoms with Gasteiger partial charge in [0.25, 0.3) is 5.91 Å². The van der Waals surface area contributed by atoms with E-state index in [4.69, 9.17) is 4.74 Å². The monoisotopic (exact) mass is 394 g/mol. The molecule has 0 aromatic heterocycles. The van der Waals surface area contributed by atoms with Gasteiger partial charge in [-0.3, -0.25) is 9.59 Å². The Morgan fingerprint density at radius 1 is 1.10 bits per heavy atom. The van der Waals surface area contributed by atoms with Crippen LogP contribution in [0, 0.1) is 0 Å². The first-order valence-electron chi connectivity index (χ1n) is 10.5. The van der Waals surface area contributed by atoms with Gasteiger partial charge in [-0.15, -0.1) is 0 Å². The number of carbonyl (C=O) groups excluding carboxylic acids is 2. The van der Waals surface area contributed by atoms with Gasteiger partial charge in [-0.1, -0.05) is 37.3 Å². The van der Waals surface area contributed by atoms with Gasteiger partial charge >= 0.3 is 0 Å². The highest BCUT2D eigenvalue weighted by Gasteiger charge is 2.34. The molecular weight excluding hydrogens is 364 g/mol. The van der Waals surface area contributed by atoms with E-state index in [9.17, 15) is 9.59 Å². The van der Waals surface area contributed by atoms with Crippen LogP contribution in [0.2, 0.25) is 0 Å². The summed E-state index contributed by atoms with van der Waals surface area (Å²) in [6.45, 7) is 5.45. The fourth-order valence-electron chi connectivity index (χ4n) is 4.18. The molecule has 154 valence electrons. The van der Waals surface area contributed by atoms with Gasteiger partial charge in [0.2, 0.25) is 5.91 Å². The maximum absolute atomic E-state index is 12.9. The van der Waals surface area contributed by atoms with Crippen LogP contribution in [0.15, 0.2) is 54.6 Å². The number of hydrogen-bond donors (Lipinski definition) is 1. The van der Waals surface area contributed by atoms with Gasteiger partial charge in [0.1, 0.15) is 5.75 Å². The Morgan fingerprint density at radius 3 is 2.48 bits per heavy atom. The zero-order valence-corrected chi connectivity index (χ0v) is 17.3. The van der Waals surface area contributed by atoms with Crippen molar-refractivity contribution >= 4 is 11.8 Å². The Morgan fingerprint density at radius 2 is 1.83 bits per heavy atom. The minimum atomic E-state index is -0.243. The van der Waals surface area contributed by atoms with Crippen molar-refractivity contribution in [1.82, 2.24) is 10.2 Å². The van der Waals surface area contributed by atoms with Gasteiger partial charge in [-0.05, 0) is 56.0 Å². The van der Waals surface area contributed by atoms with Gasteiger partial charge in [0, 0.05) is 24.1 Å². The lowest BCUT2D eigenvalue weighted by Gasteiger charge is -2.31. The smallest absolute Gasteiger partial charge is 0.251 e. The largest absolute Gasteiger partial charge is 0.494 e. The van der Waals surface area contributed by atoms with E-state index in [1.165, 1.54) is 5.56 Å². The molecule has 29 heavy (non-hydrogen) atoms. The lowest BCUT2D eigenvalue weighted by molar-refractivity contribution is -0.131. The summed E-state index contributed by atoms with van der Waals surface area (Å²) in [7, 11) is 0. The van der Waals surface area contributed by atoms with E-state index in [0.717, 1.165) is 31.6 Å². The van der Waals surface area contributed by atoms with Crippen molar-refractivity contribution in [3.05, 3.63) is 65.7 Å². The number of nitrogens with one attached hydrogen (secondary N) is 1. The fraction of sp³-hybridized carbons (Fsp3) is 0.417. The molecule has 2 aromatic rings. The molecule has 1 fully saturated rings. The molecule has 0 radical (unpaired) electrons. The van der Waals surface area contributed by atoms with Crippen LogP contribution >= 0.6 is 0 Å². The molecule has 0 saturated carbocycles. The first-order valence-corrected chi connectivity index (χ1v) is 10.5. The summed E-state index contributed by atoms with van der Waals surface area (Å²) in [6.07, 6.45) is 3.00. The van der Waals surface area contributed by atoms with Crippen molar-refractivity contribution in [1.29, 1.82) is 0 Å². The average Bonchev–Trinajstić information content (AvgIpc) is 3.23. The SMILES string of the molecule is CCOc1ccc(C(=O)NCC(=O)N2CCC[C@H]2[C@@H](CC)c2ccccc2)cc1. The highest BCUT2D eigenvalue weighted by Crippen LogP contribution is 2.33. The number of benzene rings is 2. The Balaban J connectivity index is 1.59. The molecule has 1 aliphatic rings. The van der Waals surface area contributed by atoms with Crippen molar-refractivity contribution in [2.75, 3.05) is 19.7 Å². The molecule has 0 unspecified atom stereocenters. The topological polar surface area (TPSA) is 58.6 Å². The Labute approximate surface area is 173 Å². The van der Waals surface area contributed by atoms with E-state index in [-0.39, 0.29) is 24.4 Å². The Hall–Kier alpha value is -2.82. The molecule has 0 spiro atoms. The molecule has 1 N–H and O–H groups in total. The molecule has 2 atom stereocenters. The lowest BCUT2D eigenvalue weighted by Crippen LogP contribution is -2.44. The maximum Gasteiger partial charge on any atom is 0.251 e. The Kier molecular flexibility index (Phi) is 7.28. The van der Waals surface area contributed by atoms with Crippen LogP contribution in [0.25, 0.3) is 0 Å². The fourth-order valence-corrected chi connectivity index (χ4v) is 4.18. The number of amides is 2. The quantitative estimate of drug-likeness (QED) is 0.736. The zero-order chi connectivity index (χ0) is 20.6. The normalized spacial score (nSPS) is 17.0. The molecular formula is C24H30N2O3. The van der Waals surface area contributed by atoms with Crippen LogP contribution in [0.4, 0.5) is 0 Å². The highest BCUT2D eigenvalue weighted by molar-refractivity contribution is 5.96. The number of carbonyl (C=O) groups is 2. The standard InChI is InChI=1S/C24H30N2O3/c1-3-21(18-9-6-5-7-10-18)22-11-8-16-26(22)23(27)17-25-24(28)19-12-14-20(15-13-19)29-4-2/h5-7,9-10,12-15,21-22H,3-4,8,11,16-17H2,1-2H3,(H,25,28)/t21-,22-/m0/s1.